The summed E-state index contributed by atoms with van der Waals surface area (Å²) in [5.74, 6) is 0.782. The molecular weight excluding hydrogens is 306 g/mol. The van der Waals surface area contributed by atoms with Crippen molar-refractivity contribution in [3.8, 4) is 22.9 Å². The van der Waals surface area contributed by atoms with Crippen LogP contribution in [0.3, 0.4) is 0 Å². The van der Waals surface area contributed by atoms with Gasteiger partial charge in [0.15, 0.2) is 0 Å². The molecule has 3 rings (SSSR count). The standard InChI is InChI=1S/C20H14ClNO/c21-19-10-16(13-22)9-18(11-19)17-7-4-8-20(12-17)23-14-15-5-2-1-3-6-15/h1-12H,14H2. The summed E-state index contributed by atoms with van der Waals surface area (Å²) in [4.78, 5) is 0. The van der Waals surface area contributed by atoms with Gasteiger partial charge in [0, 0.05) is 5.02 Å². The SMILES string of the molecule is N#Cc1cc(Cl)cc(-c2cccc(OCc3ccccc3)c2)c1. The molecule has 0 saturated carbocycles. The van der Waals surface area contributed by atoms with Crippen molar-refractivity contribution in [1.29, 1.82) is 5.26 Å². The maximum atomic E-state index is 9.06. The molecule has 0 amide bonds. The van der Waals surface area contributed by atoms with Crippen LogP contribution in [-0.4, -0.2) is 0 Å². The highest BCUT2D eigenvalue weighted by atomic mass is 35.5. The molecule has 0 spiro atoms. The predicted molar refractivity (Wildman–Crippen MR) is 92.4 cm³/mol. The van der Waals surface area contributed by atoms with Gasteiger partial charge in [-0.15, -0.1) is 0 Å². The average molecular weight is 320 g/mol. The summed E-state index contributed by atoms with van der Waals surface area (Å²) in [5, 5.41) is 9.62. The van der Waals surface area contributed by atoms with E-state index in [1.165, 1.54) is 0 Å². The predicted octanol–water partition coefficient (Wildman–Crippen LogP) is 5.46. The van der Waals surface area contributed by atoms with Crippen LogP contribution in [0.1, 0.15) is 11.1 Å². The summed E-state index contributed by atoms with van der Waals surface area (Å²) in [6.07, 6.45) is 0. The Balaban J connectivity index is 1.83. The maximum Gasteiger partial charge on any atom is 0.120 e. The van der Waals surface area contributed by atoms with Crippen molar-refractivity contribution in [1.82, 2.24) is 0 Å². The van der Waals surface area contributed by atoms with Crippen LogP contribution >= 0.6 is 11.6 Å². The van der Waals surface area contributed by atoms with E-state index in [4.69, 9.17) is 21.6 Å². The second-order valence-electron chi connectivity index (χ2n) is 5.14. The Kier molecular flexibility index (Phi) is 4.61. The van der Waals surface area contributed by atoms with Crippen molar-refractivity contribution in [3.63, 3.8) is 0 Å². The van der Waals surface area contributed by atoms with Gasteiger partial charge in [0.2, 0.25) is 0 Å². The van der Waals surface area contributed by atoms with Crippen LogP contribution in [0.25, 0.3) is 11.1 Å². The second kappa shape index (κ2) is 7.00. The molecule has 0 bridgehead atoms. The number of ether oxygens (including phenoxy) is 1. The van der Waals surface area contributed by atoms with E-state index >= 15 is 0 Å². The van der Waals surface area contributed by atoms with Crippen molar-refractivity contribution < 1.29 is 4.74 Å². The van der Waals surface area contributed by atoms with Gasteiger partial charge in [0.1, 0.15) is 12.4 Å². The van der Waals surface area contributed by atoms with Crippen LogP contribution in [0.15, 0.2) is 72.8 Å². The minimum absolute atomic E-state index is 0.517. The lowest BCUT2D eigenvalue weighted by Crippen LogP contribution is -1.95. The zero-order valence-electron chi connectivity index (χ0n) is 12.4. The first-order chi connectivity index (χ1) is 11.2. The number of nitrogens with zero attached hydrogens (tertiary/aromatic N) is 1. The summed E-state index contributed by atoms with van der Waals surface area (Å²) >= 11 is 6.08. The summed E-state index contributed by atoms with van der Waals surface area (Å²) in [7, 11) is 0. The minimum Gasteiger partial charge on any atom is -0.489 e. The zero-order valence-corrected chi connectivity index (χ0v) is 13.1. The van der Waals surface area contributed by atoms with Gasteiger partial charge >= 0.3 is 0 Å². The summed E-state index contributed by atoms with van der Waals surface area (Å²) in [6.45, 7) is 0.517. The van der Waals surface area contributed by atoms with Crippen molar-refractivity contribution >= 4 is 11.6 Å². The molecule has 3 aromatic carbocycles. The van der Waals surface area contributed by atoms with Crippen LogP contribution in [0.5, 0.6) is 5.75 Å². The molecule has 0 unspecified atom stereocenters. The monoisotopic (exact) mass is 319 g/mol. The fourth-order valence-corrected chi connectivity index (χ4v) is 2.56. The first-order valence-corrected chi connectivity index (χ1v) is 7.60. The van der Waals surface area contributed by atoms with Gasteiger partial charge in [0.05, 0.1) is 11.6 Å². The van der Waals surface area contributed by atoms with Crippen molar-refractivity contribution in [2.24, 2.45) is 0 Å². The Bertz CT molecular complexity index is 853. The normalized spacial score (nSPS) is 10.1. The molecule has 0 aromatic heterocycles. The lowest BCUT2D eigenvalue weighted by Gasteiger charge is -2.09. The van der Waals surface area contributed by atoms with Gasteiger partial charge in [-0.05, 0) is 47.0 Å². The maximum absolute atomic E-state index is 9.06. The van der Waals surface area contributed by atoms with E-state index in [0.717, 1.165) is 22.4 Å². The Morgan fingerprint density at radius 1 is 0.870 bits per heavy atom. The highest BCUT2D eigenvalue weighted by Crippen LogP contribution is 2.27. The molecule has 0 aliphatic carbocycles. The molecule has 0 N–H and O–H groups in total. The number of nitriles is 1. The van der Waals surface area contributed by atoms with E-state index < -0.39 is 0 Å². The summed E-state index contributed by atoms with van der Waals surface area (Å²) < 4.78 is 5.84. The fourth-order valence-electron chi connectivity index (χ4n) is 2.33. The van der Waals surface area contributed by atoms with Gasteiger partial charge in [-0.1, -0.05) is 54.1 Å². The third kappa shape index (κ3) is 3.91. The smallest absolute Gasteiger partial charge is 0.120 e. The third-order valence-corrected chi connectivity index (χ3v) is 3.66. The average Bonchev–Trinajstić information content (AvgIpc) is 2.60. The molecule has 0 aliphatic rings. The molecule has 0 aliphatic heterocycles. The first-order valence-electron chi connectivity index (χ1n) is 7.22. The van der Waals surface area contributed by atoms with Crippen LogP contribution in [0, 0.1) is 11.3 Å². The second-order valence-corrected chi connectivity index (χ2v) is 5.58. The molecule has 3 heteroatoms. The van der Waals surface area contributed by atoms with E-state index in [1.807, 2.05) is 66.7 Å². The van der Waals surface area contributed by atoms with Crippen LogP contribution in [-0.2, 0) is 6.61 Å². The van der Waals surface area contributed by atoms with Crippen LogP contribution in [0.2, 0.25) is 5.02 Å². The summed E-state index contributed by atoms with van der Waals surface area (Å²) in [5.41, 5.74) is 3.53. The Morgan fingerprint density at radius 3 is 2.48 bits per heavy atom. The van der Waals surface area contributed by atoms with Gasteiger partial charge in [-0.3, -0.25) is 0 Å². The van der Waals surface area contributed by atoms with Crippen molar-refractivity contribution in [3.05, 3.63) is 88.9 Å². The quantitative estimate of drug-likeness (QED) is 0.640. The van der Waals surface area contributed by atoms with Crippen molar-refractivity contribution in [2.75, 3.05) is 0 Å². The van der Waals surface area contributed by atoms with E-state index in [0.29, 0.717) is 17.2 Å². The number of hydrogen-bond donors (Lipinski definition) is 0. The molecule has 23 heavy (non-hydrogen) atoms. The lowest BCUT2D eigenvalue weighted by atomic mass is 10.0. The topological polar surface area (TPSA) is 33.0 Å². The highest BCUT2D eigenvalue weighted by Gasteiger charge is 2.04. The van der Waals surface area contributed by atoms with Gasteiger partial charge in [0.25, 0.3) is 0 Å². The van der Waals surface area contributed by atoms with Crippen molar-refractivity contribution in [2.45, 2.75) is 6.61 Å². The van der Waals surface area contributed by atoms with E-state index in [2.05, 4.69) is 6.07 Å². The minimum atomic E-state index is 0.517. The number of benzene rings is 3. The number of hydrogen-bond acceptors (Lipinski definition) is 2. The third-order valence-electron chi connectivity index (χ3n) is 3.44. The molecular formula is C20H14ClNO. The molecule has 0 atom stereocenters. The molecule has 0 fully saturated rings. The molecule has 2 nitrogen and oxygen atoms in total. The zero-order chi connectivity index (χ0) is 16.1. The molecule has 0 radical (unpaired) electrons. The van der Waals surface area contributed by atoms with E-state index in [1.54, 1.807) is 6.07 Å². The van der Waals surface area contributed by atoms with E-state index in [-0.39, 0.29) is 0 Å². The van der Waals surface area contributed by atoms with Crippen LogP contribution in [0.4, 0.5) is 0 Å². The number of halogens is 1. The van der Waals surface area contributed by atoms with Gasteiger partial charge in [-0.2, -0.15) is 5.26 Å². The largest absolute Gasteiger partial charge is 0.489 e. The van der Waals surface area contributed by atoms with Gasteiger partial charge in [-0.25, -0.2) is 0 Å². The van der Waals surface area contributed by atoms with Gasteiger partial charge < -0.3 is 4.74 Å². The first kappa shape index (κ1) is 15.1. The Morgan fingerprint density at radius 2 is 1.70 bits per heavy atom. The fraction of sp³-hybridized carbons (Fsp3) is 0.0500. The Hall–Kier alpha value is -2.76. The lowest BCUT2D eigenvalue weighted by molar-refractivity contribution is 0.306. The Labute approximate surface area is 140 Å². The molecule has 0 saturated heterocycles. The summed E-state index contributed by atoms with van der Waals surface area (Å²) in [6, 6.07) is 25.2. The molecule has 3 aromatic rings. The molecule has 0 heterocycles. The molecule has 112 valence electrons. The number of rotatable bonds is 4. The highest BCUT2D eigenvalue weighted by molar-refractivity contribution is 6.31. The van der Waals surface area contributed by atoms with E-state index in [9.17, 15) is 0 Å². The van der Waals surface area contributed by atoms with Crippen LogP contribution < -0.4 is 4.74 Å².